The van der Waals surface area contributed by atoms with E-state index in [9.17, 15) is 0 Å². The maximum atomic E-state index is 4.00. The smallest absolute Gasteiger partial charge is 0.0535 e. The molecule has 0 fully saturated rings. The molecular weight excluding hydrogens is 278 g/mol. The second kappa shape index (κ2) is 5.47. The van der Waals surface area contributed by atoms with Gasteiger partial charge in [0.05, 0.1) is 6.20 Å². The summed E-state index contributed by atoms with van der Waals surface area (Å²) < 4.78 is 1.16. The molecule has 0 aliphatic heterocycles. The Morgan fingerprint density at radius 1 is 1.24 bits per heavy atom. The third kappa shape index (κ3) is 3.17. The van der Waals surface area contributed by atoms with E-state index < -0.39 is 0 Å². The van der Waals surface area contributed by atoms with Crippen LogP contribution >= 0.6 is 15.9 Å². The van der Waals surface area contributed by atoms with Crippen LogP contribution in [0, 0.1) is 13.8 Å². The minimum atomic E-state index is 0.836. The zero-order valence-corrected chi connectivity index (χ0v) is 11.6. The quantitative estimate of drug-likeness (QED) is 0.910. The molecule has 3 nitrogen and oxygen atoms in total. The molecule has 0 unspecified atom stereocenters. The molecule has 2 N–H and O–H groups in total. The van der Waals surface area contributed by atoms with E-state index in [-0.39, 0.29) is 0 Å². The van der Waals surface area contributed by atoms with Gasteiger partial charge in [0.25, 0.3) is 0 Å². The molecule has 0 atom stereocenters. The van der Waals surface area contributed by atoms with Gasteiger partial charge in [-0.15, -0.1) is 0 Å². The Hall–Kier alpha value is -1.13. The molecule has 0 bridgehead atoms. The van der Waals surface area contributed by atoms with Crippen LogP contribution in [0.4, 0.5) is 0 Å². The molecule has 1 aromatic carbocycles. The van der Waals surface area contributed by atoms with Crippen molar-refractivity contribution in [1.29, 1.82) is 0 Å². The summed E-state index contributed by atoms with van der Waals surface area (Å²) in [6.45, 7) is 5.82. The summed E-state index contributed by atoms with van der Waals surface area (Å²) in [5, 5.41) is 10.4. The van der Waals surface area contributed by atoms with E-state index in [0.717, 1.165) is 23.3 Å². The number of halogens is 1. The van der Waals surface area contributed by atoms with Crippen molar-refractivity contribution in [3.63, 3.8) is 0 Å². The summed E-state index contributed by atoms with van der Waals surface area (Å²) in [6, 6.07) is 6.42. The van der Waals surface area contributed by atoms with Gasteiger partial charge in [0, 0.05) is 28.8 Å². The fourth-order valence-corrected chi connectivity index (χ4v) is 2.31. The van der Waals surface area contributed by atoms with Gasteiger partial charge in [-0.25, -0.2) is 0 Å². The minimum Gasteiger partial charge on any atom is -0.308 e. The number of aromatic amines is 1. The predicted octanol–water partition coefficient (Wildman–Crippen LogP) is 3.08. The van der Waals surface area contributed by atoms with Crippen LogP contribution in [0.1, 0.15) is 22.4 Å². The molecule has 0 aliphatic rings. The highest BCUT2D eigenvalue weighted by molar-refractivity contribution is 9.10. The maximum Gasteiger partial charge on any atom is 0.0535 e. The first kappa shape index (κ1) is 12.3. The van der Waals surface area contributed by atoms with E-state index in [4.69, 9.17) is 0 Å². The fourth-order valence-electron chi connectivity index (χ4n) is 1.68. The Balaban J connectivity index is 1.92. The van der Waals surface area contributed by atoms with Crippen molar-refractivity contribution in [2.75, 3.05) is 0 Å². The highest BCUT2D eigenvalue weighted by Gasteiger charge is 2.02. The van der Waals surface area contributed by atoms with E-state index in [0.29, 0.717) is 0 Å². The summed E-state index contributed by atoms with van der Waals surface area (Å²) in [4.78, 5) is 0. The highest BCUT2D eigenvalue weighted by Crippen LogP contribution is 2.18. The number of aryl methyl sites for hydroxylation is 2. The van der Waals surface area contributed by atoms with Crippen LogP contribution in [0.25, 0.3) is 0 Å². The van der Waals surface area contributed by atoms with Crippen molar-refractivity contribution in [1.82, 2.24) is 15.5 Å². The summed E-state index contributed by atoms with van der Waals surface area (Å²) in [6.07, 6.45) is 1.87. The lowest BCUT2D eigenvalue weighted by Gasteiger charge is -2.07. The molecule has 1 heterocycles. The average molecular weight is 294 g/mol. The van der Waals surface area contributed by atoms with Crippen molar-refractivity contribution in [3.05, 3.63) is 51.3 Å². The van der Waals surface area contributed by atoms with Gasteiger partial charge in [-0.2, -0.15) is 5.10 Å². The number of rotatable bonds is 4. The molecule has 2 aromatic rings. The van der Waals surface area contributed by atoms with Crippen molar-refractivity contribution >= 4 is 15.9 Å². The normalized spacial score (nSPS) is 10.8. The van der Waals surface area contributed by atoms with Crippen LogP contribution in [-0.2, 0) is 13.1 Å². The van der Waals surface area contributed by atoms with Gasteiger partial charge in [0.2, 0.25) is 0 Å². The van der Waals surface area contributed by atoms with E-state index in [2.05, 4.69) is 56.6 Å². The molecular formula is C13H16BrN3. The van der Waals surface area contributed by atoms with Crippen LogP contribution in [0.5, 0.6) is 0 Å². The number of H-pyrrole nitrogens is 1. The summed E-state index contributed by atoms with van der Waals surface area (Å²) in [5.41, 5.74) is 4.89. The van der Waals surface area contributed by atoms with Crippen LogP contribution < -0.4 is 5.32 Å². The first-order chi connectivity index (χ1) is 8.16. The Bertz CT molecular complexity index is 505. The van der Waals surface area contributed by atoms with Crippen molar-refractivity contribution < 1.29 is 0 Å². The van der Waals surface area contributed by atoms with Crippen LogP contribution in [0.2, 0.25) is 0 Å². The maximum absolute atomic E-state index is 4.00. The minimum absolute atomic E-state index is 0.836. The van der Waals surface area contributed by atoms with Crippen molar-refractivity contribution in [3.8, 4) is 0 Å². The van der Waals surface area contributed by atoms with Gasteiger partial charge >= 0.3 is 0 Å². The van der Waals surface area contributed by atoms with Gasteiger partial charge in [0.15, 0.2) is 0 Å². The van der Waals surface area contributed by atoms with Crippen molar-refractivity contribution in [2.24, 2.45) is 0 Å². The molecule has 0 amide bonds. The molecule has 17 heavy (non-hydrogen) atoms. The Labute approximate surface area is 110 Å². The highest BCUT2D eigenvalue weighted by atomic mass is 79.9. The van der Waals surface area contributed by atoms with Gasteiger partial charge in [-0.05, 0) is 31.0 Å². The average Bonchev–Trinajstić information content (AvgIpc) is 2.68. The fraction of sp³-hybridized carbons (Fsp3) is 0.308. The van der Waals surface area contributed by atoms with Gasteiger partial charge in [-0.3, -0.25) is 5.10 Å². The molecule has 2 rings (SSSR count). The number of benzene rings is 1. The van der Waals surface area contributed by atoms with Gasteiger partial charge in [0.1, 0.15) is 0 Å². The second-order valence-electron chi connectivity index (χ2n) is 4.22. The number of nitrogens with zero attached hydrogens (tertiary/aromatic N) is 1. The monoisotopic (exact) mass is 293 g/mol. The molecule has 90 valence electrons. The van der Waals surface area contributed by atoms with E-state index in [1.807, 2.05) is 13.1 Å². The Morgan fingerprint density at radius 3 is 2.65 bits per heavy atom. The molecule has 0 aliphatic carbocycles. The van der Waals surface area contributed by atoms with Gasteiger partial charge in [-0.1, -0.05) is 28.1 Å². The molecule has 0 saturated heterocycles. The summed E-state index contributed by atoms with van der Waals surface area (Å²) in [7, 11) is 0. The van der Waals surface area contributed by atoms with Crippen LogP contribution in [0.15, 0.2) is 28.9 Å². The first-order valence-corrected chi connectivity index (χ1v) is 6.40. The molecule has 0 saturated carbocycles. The lowest BCUT2D eigenvalue weighted by atomic mass is 10.1. The van der Waals surface area contributed by atoms with Crippen LogP contribution in [0.3, 0.4) is 0 Å². The van der Waals surface area contributed by atoms with Crippen molar-refractivity contribution in [2.45, 2.75) is 26.9 Å². The van der Waals surface area contributed by atoms with Crippen LogP contribution in [-0.4, -0.2) is 10.2 Å². The lowest BCUT2D eigenvalue weighted by molar-refractivity contribution is 0.689. The van der Waals surface area contributed by atoms with Gasteiger partial charge < -0.3 is 5.32 Å². The van der Waals surface area contributed by atoms with E-state index in [1.165, 1.54) is 16.7 Å². The topological polar surface area (TPSA) is 40.7 Å². The number of hydrogen-bond donors (Lipinski definition) is 2. The molecule has 1 aromatic heterocycles. The third-order valence-electron chi connectivity index (χ3n) is 2.77. The third-order valence-corrected chi connectivity index (χ3v) is 3.51. The molecule has 0 radical (unpaired) electrons. The SMILES string of the molecule is Cc1ccc(CNCc2cn[nH]c2C)c(Br)c1. The summed E-state index contributed by atoms with van der Waals surface area (Å²) in [5.74, 6) is 0. The van der Waals surface area contributed by atoms with E-state index in [1.54, 1.807) is 0 Å². The number of nitrogens with one attached hydrogen (secondary N) is 2. The first-order valence-electron chi connectivity index (χ1n) is 5.61. The number of aromatic nitrogens is 2. The zero-order valence-electron chi connectivity index (χ0n) is 10.0. The Morgan fingerprint density at radius 2 is 2.00 bits per heavy atom. The predicted molar refractivity (Wildman–Crippen MR) is 72.7 cm³/mol. The zero-order chi connectivity index (χ0) is 12.3. The molecule has 0 spiro atoms. The largest absolute Gasteiger partial charge is 0.308 e. The summed E-state index contributed by atoms with van der Waals surface area (Å²) >= 11 is 3.58. The lowest BCUT2D eigenvalue weighted by Crippen LogP contribution is -2.13. The Kier molecular flexibility index (Phi) is 3.97. The standard InChI is InChI=1S/C13H16BrN3/c1-9-3-4-11(13(14)5-9)6-15-7-12-8-16-17-10(12)2/h3-5,8,15H,6-7H2,1-2H3,(H,16,17). The number of hydrogen-bond acceptors (Lipinski definition) is 2. The second-order valence-corrected chi connectivity index (χ2v) is 5.07. The van der Waals surface area contributed by atoms with E-state index >= 15 is 0 Å². The molecule has 4 heteroatoms.